The lowest BCUT2D eigenvalue weighted by atomic mass is 10.1. The van der Waals surface area contributed by atoms with E-state index in [1.807, 2.05) is 55.5 Å². The summed E-state index contributed by atoms with van der Waals surface area (Å²) in [6.45, 7) is 1.84. The van der Waals surface area contributed by atoms with Crippen LogP contribution >= 0.6 is 0 Å². The number of nitro groups is 1. The number of benzene rings is 4. The third-order valence-electron chi connectivity index (χ3n) is 5.30. The first-order valence-corrected chi connectivity index (χ1v) is 9.92. The second-order valence-corrected chi connectivity index (χ2v) is 7.37. The second kappa shape index (κ2) is 7.59. The average molecular weight is 423 g/mol. The lowest BCUT2D eigenvalue weighted by Gasteiger charge is -2.08. The molecule has 4 aromatic carbocycles. The van der Waals surface area contributed by atoms with E-state index in [9.17, 15) is 14.9 Å². The van der Waals surface area contributed by atoms with E-state index < -0.39 is 10.8 Å². The van der Waals surface area contributed by atoms with E-state index in [-0.39, 0.29) is 11.3 Å². The first kappa shape index (κ1) is 19.4. The number of aryl methyl sites for hydroxylation is 1. The fraction of sp³-hybridized carbons (Fsp3) is 0.0417. The zero-order chi connectivity index (χ0) is 22.2. The number of rotatable bonds is 4. The summed E-state index contributed by atoms with van der Waals surface area (Å²) in [6, 6.07) is 23.3. The van der Waals surface area contributed by atoms with Gasteiger partial charge in [0.05, 0.1) is 10.6 Å². The van der Waals surface area contributed by atoms with E-state index in [2.05, 4.69) is 15.5 Å². The van der Waals surface area contributed by atoms with Gasteiger partial charge in [0.1, 0.15) is 16.6 Å². The third-order valence-corrected chi connectivity index (χ3v) is 5.30. The van der Waals surface area contributed by atoms with E-state index in [0.29, 0.717) is 16.7 Å². The maximum Gasteiger partial charge on any atom is 0.282 e. The lowest BCUT2D eigenvalue weighted by Crippen LogP contribution is -2.14. The number of nitro benzene ring substituents is 1. The minimum atomic E-state index is -0.569. The van der Waals surface area contributed by atoms with Crippen molar-refractivity contribution in [3.63, 3.8) is 0 Å². The van der Waals surface area contributed by atoms with Crippen LogP contribution in [-0.4, -0.2) is 25.8 Å². The molecule has 1 heterocycles. The highest BCUT2D eigenvalue weighted by Gasteiger charge is 2.20. The van der Waals surface area contributed by atoms with Gasteiger partial charge in [0.25, 0.3) is 11.6 Å². The van der Waals surface area contributed by atoms with Crippen molar-refractivity contribution >= 4 is 39.1 Å². The van der Waals surface area contributed by atoms with Crippen LogP contribution in [0.3, 0.4) is 0 Å². The first-order chi connectivity index (χ1) is 15.5. The maximum absolute atomic E-state index is 12.7. The number of anilines is 1. The molecule has 5 rings (SSSR count). The quantitative estimate of drug-likeness (QED) is 0.322. The summed E-state index contributed by atoms with van der Waals surface area (Å²) >= 11 is 0. The first-order valence-electron chi connectivity index (χ1n) is 9.92. The fourth-order valence-corrected chi connectivity index (χ4v) is 3.71. The van der Waals surface area contributed by atoms with Crippen molar-refractivity contribution in [2.24, 2.45) is 0 Å². The van der Waals surface area contributed by atoms with Crippen LogP contribution in [0, 0.1) is 17.0 Å². The van der Waals surface area contributed by atoms with Crippen molar-refractivity contribution in [3.8, 4) is 5.69 Å². The molecule has 0 radical (unpaired) electrons. The number of hydrogen-bond acceptors (Lipinski definition) is 5. The predicted octanol–water partition coefficient (Wildman–Crippen LogP) is 5.04. The molecular weight excluding hydrogens is 406 g/mol. The molecule has 1 aromatic heterocycles. The largest absolute Gasteiger partial charge is 0.321 e. The standard InChI is InChI=1S/C24H17N5O3/c1-15-13-20-21(14-19(15)25-24(30)18-10-4-5-11-23(18)29(31)32)27-28(26-20)22-12-6-8-16-7-2-3-9-17(16)22/h2-14H,1H3,(H,25,30). The number of para-hydroxylation sites is 1. The van der Waals surface area contributed by atoms with Gasteiger partial charge in [-0.3, -0.25) is 14.9 Å². The van der Waals surface area contributed by atoms with Crippen molar-refractivity contribution in [2.75, 3.05) is 5.32 Å². The Morgan fingerprint density at radius 1 is 0.938 bits per heavy atom. The molecule has 32 heavy (non-hydrogen) atoms. The van der Waals surface area contributed by atoms with Crippen LogP contribution < -0.4 is 5.32 Å². The van der Waals surface area contributed by atoms with Crippen LogP contribution in [0.4, 0.5) is 11.4 Å². The van der Waals surface area contributed by atoms with Gasteiger partial charge >= 0.3 is 0 Å². The van der Waals surface area contributed by atoms with Gasteiger partial charge < -0.3 is 5.32 Å². The number of fused-ring (bicyclic) bond motifs is 2. The monoisotopic (exact) mass is 423 g/mol. The number of nitrogens with zero attached hydrogens (tertiary/aromatic N) is 4. The highest BCUT2D eigenvalue weighted by atomic mass is 16.6. The molecular formula is C24H17N5O3. The minimum absolute atomic E-state index is 0.00333. The third kappa shape index (κ3) is 3.33. The Morgan fingerprint density at radius 2 is 1.62 bits per heavy atom. The smallest absolute Gasteiger partial charge is 0.282 e. The number of aromatic nitrogens is 3. The van der Waals surface area contributed by atoms with Gasteiger partial charge in [0.15, 0.2) is 0 Å². The van der Waals surface area contributed by atoms with Crippen LogP contribution in [0.15, 0.2) is 78.9 Å². The molecule has 1 amide bonds. The fourth-order valence-electron chi connectivity index (χ4n) is 3.71. The van der Waals surface area contributed by atoms with Gasteiger partial charge in [-0.2, -0.15) is 0 Å². The summed E-state index contributed by atoms with van der Waals surface area (Å²) in [7, 11) is 0. The van der Waals surface area contributed by atoms with Crippen LogP contribution in [-0.2, 0) is 0 Å². The molecule has 0 aliphatic carbocycles. The van der Waals surface area contributed by atoms with Crippen molar-refractivity contribution in [2.45, 2.75) is 6.92 Å². The summed E-state index contributed by atoms with van der Waals surface area (Å²) in [6.07, 6.45) is 0. The van der Waals surface area contributed by atoms with Gasteiger partial charge in [-0.15, -0.1) is 15.0 Å². The van der Waals surface area contributed by atoms with Crippen molar-refractivity contribution in [3.05, 3.63) is 100 Å². The zero-order valence-corrected chi connectivity index (χ0v) is 17.0. The molecule has 0 bridgehead atoms. The summed E-state index contributed by atoms with van der Waals surface area (Å²) in [4.78, 5) is 25.0. The number of hydrogen-bond donors (Lipinski definition) is 1. The molecule has 0 saturated heterocycles. The number of nitrogens with one attached hydrogen (secondary N) is 1. The Bertz CT molecular complexity index is 1520. The highest BCUT2D eigenvalue weighted by molar-refractivity contribution is 6.08. The summed E-state index contributed by atoms with van der Waals surface area (Å²) in [5.74, 6) is -0.554. The molecule has 8 heteroatoms. The van der Waals surface area contributed by atoms with E-state index in [1.54, 1.807) is 16.9 Å². The Labute approximate surface area is 182 Å². The van der Waals surface area contributed by atoms with Gasteiger partial charge in [0.2, 0.25) is 0 Å². The molecule has 0 fully saturated rings. The van der Waals surface area contributed by atoms with E-state index >= 15 is 0 Å². The summed E-state index contributed by atoms with van der Waals surface area (Å²) < 4.78 is 0. The SMILES string of the molecule is Cc1cc2nn(-c3cccc4ccccc34)nc2cc1NC(=O)c1ccccc1[N+](=O)[O-]. The maximum atomic E-state index is 12.7. The molecule has 1 N–H and O–H groups in total. The number of carbonyl (C=O) groups is 1. The van der Waals surface area contributed by atoms with Gasteiger partial charge in [0, 0.05) is 17.1 Å². The lowest BCUT2D eigenvalue weighted by molar-refractivity contribution is -0.385. The molecule has 0 aliphatic rings. The van der Waals surface area contributed by atoms with Crippen LogP contribution in [0.2, 0.25) is 0 Å². The normalized spacial score (nSPS) is 11.0. The zero-order valence-electron chi connectivity index (χ0n) is 17.0. The Morgan fingerprint density at radius 3 is 2.44 bits per heavy atom. The average Bonchev–Trinajstić information content (AvgIpc) is 3.21. The molecule has 156 valence electrons. The summed E-state index contributed by atoms with van der Waals surface area (Å²) in [5, 5.41) is 25.4. The van der Waals surface area contributed by atoms with Gasteiger partial charge in [-0.1, -0.05) is 48.5 Å². The van der Waals surface area contributed by atoms with E-state index in [0.717, 1.165) is 22.0 Å². The molecule has 5 aromatic rings. The Balaban J connectivity index is 1.53. The molecule has 0 aliphatic heterocycles. The highest BCUT2D eigenvalue weighted by Crippen LogP contribution is 2.26. The molecule has 8 nitrogen and oxygen atoms in total. The van der Waals surface area contributed by atoms with Crippen molar-refractivity contribution in [1.29, 1.82) is 0 Å². The second-order valence-electron chi connectivity index (χ2n) is 7.37. The predicted molar refractivity (Wildman–Crippen MR) is 122 cm³/mol. The number of carbonyl (C=O) groups excluding carboxylic acids is 1. The molecule has 0 spiro atoms. The topological polar surface area (TPSA) is 103 Å². The van der Waals surface area contributed by atoms with E-state index in [4.69, 9.17) is 0 Å². The summed E-state index contributed by atoms with van der Waals surface area (Å²) in [5.41, 5.74) is 3.17. The Hall–Kier alpha value is -4.59. The van der Waals surface area contributed by atoms with Crippen LogP contribution in [0.1, 0.15) is 15.9 Å². The molecule has 0 atom stereocenters. The van der Waals surface area contributed by atoms with Crippen molar-refractivity contribution < 1.29 is 9.72 Å². The van der Waals surface area contributed by atoms with Crippen molar-refractivity contribution in [1.82, 2.24) is 15.0 Å². The van der Waals surface area contributed by atoms with E-state index in [1.165, 1.54) is 18.2 Å². The van der Waals surface area contributed by atoms with Gasteiger partial charge in [-0.25, -0.2) is 0 Å². The van der Waals surface area contributed by atoms with Gasteiger partial charge in [-0.05, 0) is 42.1 Å². The number of amides is 1. The van der Waals surface area contributed by atoms with Crippen LogP contribution in [0.25, 0.3) is 27.5 Å². The Kier molecular flexibility index (Phi) is 4.59. The van der Waals surface area contributed by atoms with Crippen LogP contribution in [0.5, 0.6) is 0 Å². The minimum Gasteiger partial charge on any atom is -0.321 e. The molecule has 0 saturated carbocycles. The molecule has 0 unspecified atom stereocenters.